The van der Waals surface area contributed by atoms with E-state index in [1.807, 2.05) is 0 Å². The maximum absolute atomic E-state index is 10.4. The summed E-state index contributed by atoms with van der Waals surface area (Å²) >= 11 is 1.70. The van der Waals surface area contributed by atoms with E-state index >= 15 is 0 Å². The van der Waals surface area contributed by atoms with E-state index in [0.29, 0.717) is 6.61 Å². The van der Waals surface area contributed by atoms with E-state index in [-0.39, 0.29) is 0 Å². The third-order valence-corrected chi connectivity index (χ3v) is 2.62. The molecule has 0 aromatic rings. The lowest BCUT2D eigenvalue weighted by Crippen LogP contribution is -2.05. The van der Waals surface area contributed by atoms with Gasteiger partial charge >= 0.3 is 0 Å². The molecule has 0 aromatic heterocycles. The second kappa shape index (κ2) is 5.85. The van der Waals surface area contributed by atoms with Crippen molar-refractivity contribution in [1.29, 1.82) is 0 Å². The summed E-state index contributed by atoms with van der Waals surface area (Å²) in [6, 6.07) is 0. The molecule has 0 bridgehead atoms. The van der Waals surface area contributed by atoms with E-state index in [9.17, 15) is 8.42 Å². The zero-order valence-electron chi connectivity index (χ0n) is 6.87. The lowest BCUT2D eigenvalue weighted by atomic mass is 10.6. The van der Waals surface area contributed by atoms with Crippen molar-refractivity contribution in [2.24, 2.45) is 0 Å². The van der Waals surface area contributed by atoms with Crippen LogP contribution in [0.5, 0.6) is 0 Å². The van der Waals surface area contributed by atoms with Gasteiger partial charge in [0.2, 0.25) is 0 Å². The highest BCUT2D eigenvalue weighted by Gasteiger charge is 1.99. The van der Waals surface area contributed by atoms with Crippen molar-refractivity contribution in [3.8, 4) is 0 Å². The summed E-state index contributed by atoms with van der Waals surface area (Å²) in [6.07, 6.45) is 2.18. The van der Waals surface area contributed by atoms with Crippen LogP contribution in [0.25, 0.3) is 0 Å². The molecule has 0 atom stereocenters. The molecule has 0 fully saturated rings. The van der Waals surface area contributed by atoms with Crippen molar-refractivity contribution in [1.82, 2.24) is 0 Å². The highest BCUT2D eigenvalue weighted by atomic mass is 32.2. The van der Waals surface area contributed by atoms with Crippen molar-refractivity contribution in [2.45, 2.75) is 13.3 Å². The Bertz CT molecular complexity index is 174. The normalized spacial score (nSPS) is 11.8. The minimum absolute atomic E-state index is 0.295. The lowest BCUT2D eigenvalue weighted by molar-refractivity contribution is 0.345. The third kappa shape index (κ3) is 10.3. The molecule has 0 unspecified atom stereocenters. The first-order chi connectivity index (χ1) is 5.06. The van der Waals surface area contributed by atoms with Gasteiger partial charge < -0.3 is 0 Å². The number of thioether (sulfide) groups is 1. The minimum Gasteiger partial charge on any atom is -0.269 e. The standard InChI is InChI=1S/C6H14O3S2/c1-3-5-10-6-4-9-11(2,7)8/h3-6H2,1-2H3. The highest BCUT2D eigenvalue weighted by Crippen LogP contribution is 2.01. The zero-order chi connectivity index (χ0) is 8.74. The fourth-order valence-electron chi connectivity index (χ4n) is 0.491. The SMILES string of the molecule is CCCSCCOS(C)(=O)=O. The highest BCUT2D eigenvalue weighted by molar-refractivity contribution is 7.99. The van der Waals surface area contributed by atoms with Gasteiger partial charge in [-0.2, -0.15) is 20.2 Å². The first kappa shape index (κ1) is 11.3. The van der Waals surface area contributed by atoms with Crippen LogP contribution < -0.4 is 0 Å². The molecule has 11 heavy (non-hydrogen) atoms. The van der Waals surface area contributed by atoms with Crippen molar-refractivity contribution >= 4 is 21.9 Å². The summed E-state index contributed by atoms with van der Waals surface area (Å²) in [5.74, 6) is 1.81. The van der Waals surface area contributed by atoms with E-state index < -0.39 is 10.1 Å². The third-order valence-electron chi connectivity index (χ3n) is 0.874. The summed E-state index contributed by atoms with van der Waals surface area (Å²) in [5.41, 5.74) is 0. The van der Waals surface area contributed by atoms with Gasteiger partial charge in [0.05, 0.1) is 12.9 Å². The van der Waals surface area contributed by atoms with Gasteiger partial charge in [-0.05, 0) is 12.2 Å². The Balaban J connectivity index is 3.16. The molecule has 0 spiro atoms. The molecule has 0 aliphatic carbocycles. The van der Waals surface area contributed by atoms with Crippen LogP contribution in [0.15, 0.2) is 0 Å². The van der Waals surface area contributed by atoms with Crippen LogP contribution in [0.1, 0.15) is 13.3 Å². The van der Waals surface area contributed by atoms with Crippen LogP contribution in [0, 0.1) is 0 Å². The van der Waals surface area contributed by atoms with Gasteiger partial charge in [-0.25, -0.2) is 0 Å². The Morgan fingerprint density at radius 2 is 2.00 bits per heavy atom. The lowest BCUT2D eigenvalue weighted by Gasteiger charge is -1.99. The first-order valence-corrected chi connectivity index (χ1v) is 6.45. The molecule has 0 heterocycles. The van der Waals surface area contributed by atoms with E-state index in [0.717, 1.165) is 24.2 Å². The molecule has 0 rings (SSSR count). The predicted molar refractivity (Wildman–Crippen MR) is 48.4 cm³/mol. The van der Waals surface area contributed by atoms with Crippen LogP contribution in [0.3, 0.4) is 0 Å². The van der Waals surface area contributed by atoms with Gasteiger partial charge in [0.15, 0.2) is 0 Å². The average Bonchev–Trinajstić information content (AvgIpc) is 1.85. The van der Waals surface area contributed by atoms with Gasteiger partial charge in [-0.15, -0.1) is 0 Å². The summed E-state index contributed by atoms with van der Waals surface area (Å²) in [5, 5.41) is 0. The number of hydrogen-bond acceptors (Lipinski definition) is 4. The predicted octanol–water partition coefficient (Wildman–Crippen LogP) is 1.11. The minimum atomic E-state index is -3.22. The van der Waals surface area contributed by atoms with Crippen LogP contribution in [-0.2, 0) is 14.3 Å². The Hall–Kier alpha value is 0.260. The van der Waals surface area contributed by atoms with Gasteiger partial charge in [-0.3, -0.25) is 4.18 Å². The smallest absolute Gasteiger partial charge is 0.264 e. The molecule has 5 heteroatoms. The average molecular weight is 198 g/mol. The molecular formula is C6H14O3S2. The Kier molecular flexibility index (Phi) is 5.99. The molecular weight excluding hydrogens is 184 g/mol. The topological polar surface area (TPSA) is 43.4 Å². The van der Waals surface area contributed by atoms with Crippen LogP contribution in [0.2, 0.25) is 0 Å². The Labute approximate surface area is 72.6 Å². The molecule has 68 valence electrons. The molecule has 0 saturated carbocycles. The molecule has 0 aromatic carbocycles. The Morgan fingerprint density at radius 1 is 1.36 bits per heavy atom. The quantitative estimate of drug-likeness (QED) is 0.473. The van der Waals surface area contributed by atoms with E-state index in [1.165, 1.54) is 0 Å². The number of hydrogen-bond donors (Lipinski definition) is 0. The molecule has 0 aliphatic heterocycles. The first-order valence-electron chi connectivity index (χ1n) is 3.48. The van der Waals surface area contributed by atoms with Crippen molar-refractivity contribution < 1.29 is 12.6 Å². The summed E-state index contributed by atoms with van der Waals surface area (Å²) < 4.78 is 25.4. The van der Waals surface area contributed by atoms with Crippen LogP contribution in [0.4, 0.5) is 0 Å². The molecule has 0 radical (unpaired) electrons. The molecule has 0 saturated heterocycles. The molecule has 3 nitrogen and oxygen atoms in total. The van der Waals surface area contributed by atoms with Gasteiger partial charge in [0, 0.05) is 5.75 Å². The second-order valence-electron chi connectivity index (χ2n) is 2.14. The fourth-order valence-corrected chi connectivity index (χ4v) is 1.68. The van der Waals surface area contributed by atoms with E-state index in [4.69, 9.17) is 0 Å². The van der Waals surface area contributed by atoms with Crippen LogP contribution in [-0.4, -0.2) is 32.8 Å². The van der Waals surface area contributed by atoms with E-state index in [2.05, 4.69) is 11.1 Å². The molecule has 0 aliphatic rings. The number of rotatable bonds is 6. The van der Waals surface area contributed by atoms with Crippen LogP contribution >= 0.6 is 11.8 Å². The maximum atomic E-state index is 10.4. The van der Waals surface area contributed by atoms with Gasteiger partial charge in [0.25, 0.3) is 10.1 Å². The maximum Gasteiger partial charge on any atom is 0.264 e. The van der Waals surface area contributed by atoms with Crippen molar-refractivity contribution in [3.63, 3.8) is 0 Å². The summed E-state index contributed by atoms with van der Waals surface area (Å²) in [6.45, 7) is 2.38. The monoisotopic (exact) mass is 198 g/mol. The zero-order valence-corrected chi connectivity index (χ0v) is 8.50. The van der Waals surface area contributed by atoms with Gasteiger partial charge in [-0.1, -0.05) is 6.92 Å². The molecule has 0 amide bonds. The summed E-state index contributed by atoms with van der Waals surface area (Å²) in [4.78, 5) is 0. The van der Waals surface area contributed by atoms with Crippen molar-refractivity contribution in [3.05, 3.63) is 0 Å². The largest absolute Gasteiger partial charge is 0.269 e. The van der Waals surface area contributed by atoms with E-state index in [1.54, 1.807) is 11.8 Å². The van der Waals surface area contributed by atoms with Crippen molar-refractivity contribution in [2.75, 3.05) is 24.4 Å². The molecule has 0 N–H and O–H groups in total. The Morgan fingerprint density at radius 3 is 2.45 bits per heavy atom. The fraction of sp³-hybridized carbons (Fsp3) is 1.00. The second-order valence-corrected chi connectivity index (χ2v) is 5.01. The van der Waals surface area contributed by atoms with Gasteiger partial charge in [0.1, 0.15) is 0 Å². The summed E-state index contributed by atoms with van der Waals surface area (Å²) in [7, 11) is -3.22.